The number of aromatic nitrogens is 1. The van der Waals surface area contributed by atoms with Crippen LogP contribution < -0.4 is 0 Å². The smallest absolute Gasteiger partial charge is 0.407 e. The van der Waals surface area contributed by atoms with Crippen molar-refractivity contribution in [2.45, 2.75) is 44.8 Å². The molecule has 2 aliphatic rings. The maximum absolute atomic E-state index is 12.6. The van der Waals surface area contributed by atoms with Crippen LogP contribution in [0, 0.1) is 5.41 Å². The molecule has 1 aromatic rings. The number of carboxylic acid groups (broad SMARTS) is 1. The molecule has 9 heteroatoms. The molecular weight excluding hydrogens is 370 g/mol. The highest BCUT2D eigenvalue weighted by atomic mass is 35.5. The van der Waals surface area contributed by atoms with Crippen molar-refractivity contribution in [1.82, 2.24) is 9.88 Å². The number of fused-ring (bicyclic) bond motifs is 1. The molecule has 2 heterocycles. The SMILES string of the molecule is CC(C)(C)[S+]([O-])N=C1c2nc(Cl)sc2CC12CCN(C(=O)O)CC2. The van der Waals surface area contributed by atoms with Crippen molar-refractivity contribution in [3.63, 3.8) is 0 Å². The Kier molecular flexibility index (Phi) is 4.61. The standard InChI is InChI=1S/C15H20ClN3O3S2/c1-14(2,3)24(22)18-11-10-9(23-12(16)17-10)8-15(11)4-6-19(7-5-15)13(20)21/h4-8H2,1-3H3,(H,20,21). The molecule has 132 valence electrons. The highest BCUT2D eigenvalue weighted by Gasteiger charge is 2.50. The van der Waals surface area contributed by atoms with Gasteiger partial charge in [-0.05, 0) is 40.0 Å². The fourth-order valence-corrected chi connectivity index (χ4v) is 5.18. The monoisotopic (exact) mass is 389 g/mol. The molecule has 1 fully saturated rings. The Morgan fingerprint density at radius 2 is 2.08 bits per heavy atom. The molecule has 0 radical (unpaired) electrons. The van der Waals surface area contributed by atoms with Gasteiger partial charge in [0.1, 0.15) is 27.5 Å². The largest absolute Gasteiger partial charge is 0.591 e. The zero-order valence-electron chi connectivity index (χ0n) is 13.8. The van der Waals surface area contributed by atoms with Crippen molar-refractivity contribution in [2.75, 3.05) is 13.1 Å². The molecule has 1 aliphatic heterocycles. The minimum absolute atomic E-state index is 0.272. The normalized spacial score (nSPS) is 22.9. The van der Waals surface area contributed by atoms with E-state index in [0.29, 0.717) is 30.4 Å². The lowest BCUT2D eigenvalue weighted by Gasteiger charge is -2.38. The van der Waals surface area contributed by atoms with Gasteiger partial charge < -0.3 is 14.6 Å². The Hall–Kier alpha value is -0.830. The number of halogens is 1. The first-order valence-corrected chi connectivity index (χ1v) is 10.1. The zero-order chi connectivity index (χ0) is 17.7. The van der Waals surface area contributed by atoms with Gasteiger partial charge in [0.2, 0.25) is 0 Å². The van der Waals surface area contributed by atoms with E-state index in [-0.39, 0.29) is 5.41 Å². The molecule has 0 saturated carbocycles. The third-order valence-electron chi connectivity index (χ3n) is 4.59. The number of nitrogens with zero attached hydrogens (tertiary/aromatic N) is 3. The highest BCUT2D eigenvalue weighted by Crippen LogP contribution is 2.48. The molecule has 1 aromatic heterocycles. The second kappa shape index (κ2) is 6.16. The fraction of sp³-hybridized carbons (Fsp3) is 0.667. The molecule has 0 bridgehead atoms. The van der Waals surface area contributed by atoms with E-state index >= 15 is 0 Å². The average Bonchev–Trinajstić information content (AvgIpc) is 2.94. The lowest BCUT2D eigenvalue weighted by molar-refractivity contribution is 0.115. The van der Waals surface area contributed by atoms with E-state index in [0.717, 1.165) is 22.7 Å². The molecule has 1 saturated heterocycles. The van der Waals surface area contributed by atoms with Crippen molar-refractivity contribution in [1.29, 1.82) is 0 Å². The van der Waals surface area contributed by atoms with Crippen molar-refractivity contribution in [3.05, 3.63) is 15.0 Å². The van der Waals surface area contributed by atoms with Crippen molar-refractivity contribution < 1.29 is 14.5 Å². The second-order valence-electron chi connectivity index (χ2n) is 7.27. The van der Waals surface area contributed by atoms with Crippen LogP contribution >= 0.6 is 22.9 Å². The maximum atomic E-state index is 12.6. The van der Waals surface area contributed by atoms with E-state index in [1.807, 2.05) is 20.8 Å². The Morgan fingerprint density at radius 3 is 2.62 bits per heavy atom. The Bertz CT molecular complexity index is 691. The van der Waals surface area contributed by atoms with Crippen LogP contribution in [0.4, 0.5) is 4.79 Å². The van der Waals surface area contributed by atoms with Gasteiger partial charge in [0, 0.05) is 23.4 Å². The Morgan fingerprint density at radius 1 is 1.46 bits per heavy atom. The number of hydrogen-bond acceptors (Lipinski definition) is 5. The number of hydrogen-bond donors (Lipinski definition) is 1. The van der Waals surface area contributed by atoms with Crippen LogP contribution in [-0.4, -0.2) is 49.2 Å². The molecule has 24 heavy (non-hydrogen) atoms. The lowest BCUT2D eigenvalue weighted by Crippen LogP contribution is -2.46. The third-order valence-corrected chi connectivity index (χ3v) is 7.14. The van der Waals surface area contributed by atoms with Crippen molar-refractivity contribution in [2.24, 2.45) is 9.81 Å². The number of piperidine rings is 1. The summed E-state index contributed by atoms with van der Waals surface area (Å²) in [4.78, 5) is 18.1. The summed E-state index contributed by atoms with van der Waals surface area (Å²) in [7, 11) is 0. The number of amides is 1. The van der Waals surface area contributed by atoms with Crippen LogP contribution in [0.3, 0.4) is 0 Å². The molecule has 1 spiro atoms. The summed E-state index contributed by atoms with van der Waals surface area (Å²) in [5, 5.41) is 9.18. The van der Waals surface area contributed by atoms with Gasteiger partial charge in [-0.3, -0.25) is 0 Å². The molecule has 1 N–H and O–H groups in total. The van der Waals surface area contributed by atoms with E-state index in [4.69, 9.17) is 11.6 Å². The molecule has 1 amide bonds. The number of likely N-dealkylation sites (tertiary alicyclic amines) is 1. The van der Waals surface area contributed by atoms with Crippen molar-refractivity contribution >= 4 is 46.1 Å². The number of carbonyl (C=O) groups is 1. The average molecular weight is 390 g/mol. The Labute approximate surface area is 153 Å². The van der Waals surface area contributed by atoms with Gasteiger partial charge in [-0.1, -0.05) is 16.0 Å². The van der Waals surface area contributed by atoms with E-state index < -0.39 is 22.2 Å². The van der Waals surface area contributed by atoms with Crippen molar-refractivity contribution in [3.8, 4) is 0 Å². The van der Waals surface area contributed by atoms with E-state index in [1.54, 1.807) is 0 Å². The van der Waals surface area contributed by atoms with Crippen LogP contribution in [-0.2, 0) is 17.8 Å². The molecule has 1 atom stereocenters. The van der Waals surface area contributed by atoms with E-state index in [9.17, 15) is 14.5 Å². The van der Waals surface area contributed by atoms with Gasteiger partial charge in [-0.25, -0.2) is 9.78 Å². The van der Waals surface area contributed by atoms with Crippen LogP contribution in [0.2, 0.25) is 4.47 Å². The molecule has 1 unspecified atom stereocenters. The second-order valence-corrected chi connectivity index (χ2v) is 10.8. The summed E-state index contributed by atoms with van der Waals surface area (Å²) in [5.74, 6) is 0. The summed E-state index contributed by atoms with van der Waals surface area (Å²) >= 11 is 6.10. The first-order chi connectivity index (χ1) is 11.1. The summed E-state index contributed by atoms with van der Waals surface area (Å²) in [6.45, 7) is 6.57. The van der Waals surface area contributed by atoms with E-state index in [2.05, 4.69) is 9.38 Å². The first-order valence-electron chi connectivity index (χ1n) is 7.77. The van der Waals surface area contributed by atoms with Gasteiger partial charge in [-0.15, -0.1) is 11.3 Å². The summed E-state index contributed by atoms with van der Waals surface area (Å²) < 4.78 is 17.2. The van der Waals surface area contributed by atoms with Gasteiger partial charge in [0.05, 0.1) is 0 Å². The quantitative estimate of drug-likeness (QED) is 0.745. The predicted molar refractivity (Wildman–Crippen MR) is 96.5 cm³/mol. The van der Waals surface area contributed by atoms with Gasteiger partial charge in [0.25, 0.3) is 0 Å². The molecule has 6 nitrogen and oxygen atoms in total. The molecule has 1 aliphatic carbocycles. The lowest BCUT2D eigenvalue weighted by atomic mass is 9.75. The minimum atomic E-state index is -1.39. The third kappa shape index (κ3) is 3.16. The first kappa shape index (κ1) is 18.0. The zero-order valence-corrected chi connectivity index (χ0v) is 16.2. The molecule has 0 aromatic carbocycles. The maximum Gasteiger partial charge on any atom is 0.407 e. The summed E-state index contributed by atoms with van der Waals surface area (Å²) in [5.41, 5.74) is 1.23. The van der Waals surface area contributed by atoms with Crippen LogP contribution in [0.1, 0.15) is 44.2 Å². The fourth-order valence-electron chi connectivity index (χ4n) is 3.17. The summed E-state index contributed by atoms with van der Waals surface area (Å²) in [6, 6.07) is 0. The van der Waals surface area contributed by atoms with Crippen LogP contribution in [0.15, 0.2) is 4.40 Å². The van der Waals surface area contributed by atoms with Gasteiger partial charge in [-0.2, -0.15) is 0 Å². The number of rotatable bonds is 1. The molecule has 3 rings (SSSR count). The topological polar surface area (TPSA) is 88.9 Å². The van der Waals surface area contributed by atoms with Crippen LogP contribution in [0.25, 0.3) is 0 Å². The van der Waals surface area contributed by atoms with Crippen LogP contribution in [0.5, 0.6) is 0 Å². The van der Waals surface area contributed by atoms with Gasteiger partial charge in [0.15, 0.2) is 4.47 Å². The highest BCUT2D eigenvalue weighted by molar-refractivity contribution is 7.91. The minimum Gasteiger partial charge on any atom is -0.591 e. The molecular formula is C15H20ClN3O3S2. The van der Waals surface area contributed by atoms with Gasteiger partial charge >= 0.3 is 6.09 Å². The summed E-state index contributed by atoms with van der Waals surface area (Å²) in [6.07, 6.45) is 1.19. The predicted octanol–water partition coefficient (Wildman–Crippen LogP) is 3.36. The Balaban J connectivity index is 1.96. The number of thiazole rings is 1. The van der Waals surface area contributed by atoms with E-state index in [1.165, 1.54) is 16.2 Å².